The molecule has 0 amide bonds. The SMILES string of the molecule is Cc1ccn(-c2ccnc3cc(N)ccc23)n1. The fourth-order valence-corrected chi connectivity index (χ4v) is 1.90. The van der Waals surface area contributed by atoms with Gasteiger partial charge in [-0.1, -0.05) is 0 Å². The fraction of sp³-hybridized carbons (Fsp3) is 0.0769. The number of nitrogens with two attached hydrogens (primary N) is 1. The van der Waals surface area contributed by atoms with E-state index in [9.17, 15) is 0 Å². The van der Waals surface area contributed by atoms with Crippen molar-refractivity contribution in [3.8, 4) is 5.69 Å². The fourth-order valence-electron chi connectivity index (χ4n) is 1.90. The van der Waals surface area contributed by atoms with Crippen molar-refractivity contribution in [1.29, 1.82) is 0 Å². The van der Waals surface area contributed by atoms with Crippen LogP contribution >= 0.6 is 0 Å². The smallest absolute Gasteiger partial charge is 0.0755 e. The Kier molecular flexibility index (Phi) is 2.08. The quantitative estimate of drug-likeness (QED) is 0.645. The second kappa shape index (κ2) is 3.59. The van der Waals surface area contributed by atoms with Gasteiger partial charge in [0.1, 0.15) is 0 Å². The first-order valence-electron chi connectivity index (χ1n) is 5.41. The summed E-state index contributed by atoms with van der Waals surface area (Å²) in [4.78, 5) is 4.31. The number of aromatic nitrogens is 3. The minimum Gasteiger partial charge on any atom is -0.399 e. The van der Waals surface area contributed by atoms with E-state index < -0.39 is 0 Å². The lowest BCUT2D eigenvalue weighted by molar-refractivity contribution is 0.868. The van der Waals surface area contributed by atoms with Crippen LogP contribution in [0.5, 0.6) is 0 Å². The van der Waals surface area contributed by atoms with E-state index in [0.29, 0.717) is 0 Å². The number of pyridine rings is 1. The molecule has 0 atom stereocenters. The van der Waals surface area contributed by atoms with Crippen LogP contribution in [0.25, 0.3) is 16.6 Å². The molecule has 3 aromatic rings. The van der Waals surface area contributed by atoms with Crippen LogP contribution in [0, 0.1) is 6.92 Å². The predicted molar refractivity (Wildman–Crippen MR) is 68.0 cm³/mol. The highest BCUT2D eigenvalue weighted by atomic mass is 15.3. The molecule has 3 rings (SSSR count). The molecule has 0 bridgehead atoms. The van der Waals surface area contributed by atoms with Crippen LogP contribution in [0.15, 0.2) is 42.7 Å². The van der Waals surface area contributed by atoms with E-state index in [-0.39, 0.29) is 0 Å². The molecule has 4 nitrogen and oxygen atoms in total. The topological polar surface area (TPSA) is 56.7 Å². The minimum atomic E-state index is 0.721. The molecule has 1 aromatic carbocycles. The standard InChI is InChI=1S/C13H12N4/c1-9-5-7-17(16-9)13-4-6-15-12-8-10(14)2-3-11(12)13/h2-8H,14H2,1H3. The highest BCUT2D eigenvalue weighted by Crippen LogP contribution is 2.21. The number of aryl methyl sites for hydroxylation is 1. The maximum Gasteiger partial charge on any atom is 0.0755 e. The first-order chi connectivity index (χ1) is 8.24. The van der Waals surface area contributed by atoms with Gasteiger partial charge in [0.2, 0.25) is 0 Å². The summed E-state index contributed by atoms with van der Waals surface area (Å²) in [6.07, 6.45) is 3.72. The summed E-state index contributed by atoms with van der Waals surface area (Å²) in [7, 11) is 0. The Balaban J connectivity index is 2.30. The van der Waals surface area contributed by atoms with Crippen molar-refractivity contribution in [3.63, 3.8) is 0 Å². The molecule has 0 aliphatic heterocycles. The summed E-state index contributed by atoms with van der Waals surface area (Å²) in [6, 6.07) is 9.65. The molecule has 0 unspecified atom stereocenters. The molecule has 17 heavy (non-hydrogen) atoms. The normalized spacial score (nSPS) is 10.9. The van der Waals surface area contributed by atoms with Gasteiger partial charge in [-0.2, -0.15) is 5.10 Å². The molecule has 0 spiro atoms. The number of benzene rings is 1. The van der Waals surface area contributed by atoms with E-state index in [1.165, 1.54) is 0 Å². The molecule has 2 aromatic heterocycles. The van der Waals surface area contributed by atoms with E-state index in [4.69, 9.17) is 5.73 Å². The molecule has 2 N–H and O–H groups in total. The van der Waals surface area contributed by atoms with Gasteiger partial charge in [-0.25, -0.2) is 4.68 Å². The van der Waals surface area contributed by atoms with E-state index in [1.54, 1.807) is 6.20 Å². The van der Waals surface area contributed by atoms with Crippen molar-refractivity contribution < 1.29 is 0 Å². The maximum absolute atomic E-state index is 5.75. The molecule has 0 aliphatic carbocycles. The number of hydrogen-bond acceptors (Lipinski definition) is 3. The zero-order valence-electron chi connectivity index (χ0n) is 9.46. The van der Waals surface area contributed by atoms with Crippen molar-refractivity contribution in [3.05, 3.63) is 48.4 Å². The Labute approximate surface area is 98.7 Å². The Morgan fingerprint density at radius 3 is 2.82 bits per heavy atom. The van der Waals surface area contributed by atoms with E-state index in [1.807, 2.05) is 48.1 Å². The molecular formula is C13H12N4. The van der Waals surface area contributed by atoms with Crippen LogP contribution in [0.4, 0.5) is 5.69 Å². The van der Waals surface area contributed by atoms with E-state index in [2.05, 4.69) is 10.1 Å². The van der Waals surface area contributed by atoms with Gasteiger partial charge in [0.05, 0.1) is 16.9 Å². The largest absolute Gasteiger partial charge is 0.399 e. The van der Waals surface area contributed by atoms with Gasteiger partial charge in [0.15, 0.2) is 0 Å². The second-order valence-corrected chi connectivity index (χ2v) is 4.01. The van der Waals surface area contributed by atoms with Crippen molar-refractivity contribution in [2.45, 2.75) is 6.92 Å². The third-order valence-electron chi connectivity index (χ3n) is 2.71. The highest BCUT2D eigenvalue weighted by Gasteiger charge is 2.05. The molecule has 0 radical (unpaired) electrons. The molecule has 0 fully saturated rings. The minimum absolute atomic E-state index is 0.721. The maximum atomic E-state index is 5.75. The monoisotopic (exact) mass is 224 g/mol. The lowest BCUT2D eigenvalue weighted by Gasteiger charge is -2.06. The molecule has 4 heteroatoms. The van der Waals surface area contributed by atoms with Gasteiger partial charge in [0.25, 0.3) is 0 Å². The molecule has 2 heterocycles. The Bertz CT molecular complexity index is 685. The second-order valence-electron chi connectivity index (χ2n) is 4.01. The zero-order valence-corrected chi connectivity index (χ0v) is 9.46. The number of hydrogen-bond donors (Lipinski definition) is 1. The van der Waals surface area contributed by atoms with Crippen molar-refractivity contribution in [1.82, 2.24) is 14.8 Å². The van der Waals surface area contributed by atoms with Crippen LogP contribution < -0.4 is 5.73 Å². The van der Waals surface area contributed by atoms with Crippen molar-refractivity contribution in [2.75, 3.05) is 5.73 Å². The summed E-state index contributed by atoms with van der Waals surface area (Å²) >= 11 is 0. The molecule has 84 valence electrons. The Morgan fingerprint density at radius 1 is 1.18 bits per heavy atom. The third kappa shape index (κ3) is 1.63. The van der Waals surface area contributed by atoms with E-state index >= 15 is 0 Å². The van der Waals surface area contributed by atoms with Crippen LogP contribution in [0.1, 0.15) is 5.69 Å². The predicted octanol–water partition coefficient (Wildman–Crippen LogP) is 2.31. The number of anilines is 1. The van der Waals surface area contributed by atoms with Crippen LogP contribution in [-0.2, 0) is 0 Å². The van der Waals surface area contributed by atoms with Crippen molar-refractivity contribution >= 4 is 16.6 Å². The van der Waals surface area contributed by atoms with Crippen LogP contribution in [0.3, 0.4) is 0 Å². The average Bonchev–Trinajstić information content (AvgIpc) is 2.74. The zero-order chi connectivity index (χ0) is 11.8. The summed E-state index contributed by atoms with van der Waals surface area (Å²) in [5, 5.41) is 5.46. The number of rotatable bonds is 1. The van der Waals surface area contributed by atoms with Gasteiger partial charge in [-0.3, -0.25) is 4.98 Å². The highest BCUT2D eigenvalue weighted by molar-refractivity contribution is 5.88. The lowest BCUT2D eigenvalue weighted by Crippen LogP contribution is -1.97. The van der Waals surface area contributed by atoms with Gasteiger partial charge in [-0.15, -0.1) is 0 Å². The lowest BCUT2D eigenvalue weighted by atomic mass is 10.1. The number of nitrogen functional groups attached to an aromatic ring is 1. The first-order valence-corrected chi connectivity index (χ1v) is 5.41. The molecule has 0 saturated carbocycles. The number of fused-ring (bicyclic) bond motifs is 1. The van der Waals surface area contributed by atoms with Crippen molar-refractivity contribution in [2.24, 2.45) is 0 Å². The van der Waals surface area contributed by atoms with Gasteiger partial charge >= 0.3 is 0 Å². The van der Waals surface area contributed by atoms with Gasteiger partial charge in [-0.05, 0) is 37.3 Å². The molecular weight excluding hydrogens is 212 g/mol. The van der Waals surface area contributed by atoms with Crippen LogP contribution in [-0.4, -0.2) is 14.8 Å². The Morgan fingerprint density at radius 2 is 2.06 bits per heavy atom. The summed E-state index contributed by atoms with van der Waals surface area (Å²) in [5.41, 5.74) is 9.37. The van der Waals surface area contributed by atoms with Gasteiger partial charge < -0.3 is 5.73 Å². The molecule has 0 saturated heterocycles. The number of nitrogens with zero attached hydrogens (tertiary/aromatic N) is 3. The third-order valence-corrected chi connectivity index (χ3v) is 2.71. The first kappa shape index (κ1) is 9.84. The van der Waals surface area contributed by atoms with E-state index in [0.717, 1.165) is 28.0 Å². The summed E-state index contributed by atoms with van der Waals surface area (Å²) in [6.45, 7) is 1.97. The summed E-state index contributed by atoms with van der Waals surface area (Å²) in [5.74, 6) is 0. The molecule has 0 aliphatic rings. The average molecular weight is 224 g/mol. The van der Waals surface area contributed by atoms with Crippen LogP contribution in [0.2, 0.25) is 0 Å². The van der Waals surface area contributed by atoms with Gasteiger partial charge in [0, 0.05) is 23.5 Å². The summed E-state index contributed by atoms with van der Waals surface area (Å²) < 4.78 is 1.86. The Hall–Kier alpha value is -2.36.